The van der Waals surface area contributed by atoms with Crippen molar-refractivity contribution in [2.45, 2.75) is 125 Å². The van der Waals surface area contributed by atoms with Crippen LogP contribution in [0.2, 0.25) is 0 Å². The number of fused-ring (bicyclic) bond motifs is 1. The number of benzene rings is 7. The van der Waals surface area contributed by atoms with E-state index in [0.29, 0.717) is 50.5 Å². The third-order valence-electron chi connectivity index (χ3n) is 15.4. The third kappa shape index (κ3) is 9.14. The van der Waals surface area contributed by atoms with Crippen molar-refractivity contribution in [3.63, 3.8) is 0 Å². The Bertz CT molecular complexity index is 3790. The van der Waals surface area contributed by atoms with Gasteiger partial charge in [0, 0.05) is 33.8 Å². The maximum atomic E-state index is 12.0. The van der Waals surface area contributed by atoms with Gasteiger partial charge in [-0.1, -0.05) is 159 Å². The molecule has 0 unspecified atom stereocenters. The van der Waals surface area contributed by atoms with Crippen molar-refractivity contribution in [2.75, 3.05) is 0 Å². The van der Waals surface area contributed by atoms with Gasteiger partial charge in [0.15, 0.2) is 0 Å². The maximum Gasteiger partial charge on any atom is 0.149 e. The van der Waals surface area contributed by atoms with E-state index < -0.39 is 32.8 Å². The largest absolute Gasteiger partial charge is 0.507 e. The molecule has 7 aromatic carbocycles. The van der Waals surface area contributed by atoms with E-state index in [-0.39, 0.29) is 27.7 Å². The molecule has 0 saturated carbocycles. The Morgan fingerprint density at radius 3 is 1.85 bits per heavy atom. The number of aromatic nitrogens is 3. The van der Waals surface area contributed by atoms with Crippen LogP contribution in [-0.4, -0.2) is 19.6 Å². The average Bonchev–Trinajstić information content (AvgIpc) is 1.54. The molecule has 0 spiro atoms. The van der Waals surface area contributed by atoms with Gasteiger partial charge >= 0.3 is 0 Å². The molecule has 4 heteroatoms. The molecule has 0 aliphatic carbocycles. The summed E-state index contributed by atoms with van der Waals surface area (Å²) in [6.07, 6.45) is 5.22. The SMILES string of the molecule is [2H]C([2H])([2H])c1cc(-c2c(C(C)(CC)CC)cccc2C(C)(CC)CC)ccc1-n1c(-c2cc(C)cc(C)c2O)nc2c(-c3cc(-c4ccccc4)cc(-c4cc(-c5ccc(C(C([2H])([2H])[2H])(C([2H])([2H])[2H])C([2H])([2H])[2H])cc5)ccn4)c3)cccc21. The van der Waals surface area contributed by atoms with Crippen molar-refractivity contribution in [1.29, 1.82) is 0 Å². The fraction of sp³-hybridized carbons (Fsp3) is 0.284. The van der Waals surface area contributed by atoms with Crippen molar-refractivity contribution in [3.8, 4) is 78.6 Å². The van der Waals surface area contributed by atoms with E-state index in [0.717, 1.165) is 70.2 Å². The Balaban J connectivity index is 1.28. The van der Waals surface area contributed by atoms with E-state index in [1.807, 2.05) is 109 Å². The van der Waals surface area contributed by atoms with Crippen LogP contribution >= 0.6 is 0 Å². The smallest absolute Gasteiger partial charge is 0.149 e. The number of aryl methyl sites for hydroxylation is 3. The second kappa shape index (κ2) is 19.3. The maximum absolute atomic E-state index is 12.0. The van der Waals surface area contributed by atoms with E-state index in [1.165, 1.54) is 35.4 Å². The molecule has 0 atom stereocenters. The molecule has 2 aromatic heterocycles. The number of hydrogen-bond donors (Lipinski definition) is 1. The first-order valence-electron chi connectivity index (χ1n) is 30.9. The second-order valence-corrected chi connectivity index (χ2v) is 19.8. The zero-order valence-corrected chi connectivity index (χ0v) is 42.1. The summed E-state index contributed by atoms with van der Waals surface area (Å²) < 4.78 is 104. The van der Waals surface area contributed by atoms with Crippen molar-refractivity contribution in [3.05, 3.63) is 191 Å². The predicted octanol–water partition coefficient (Wildman–Crippen LogP) is 18.5. The lowest BCUT2D eigenvalue weighted by Crippen LogP contribution is -2.25. The van der Waals surface area contributed by atoms with Crippen LogP contribution in [0, 0.1) is 20.7 Å². The molecule has 71 heavy (non-hydrogen) atoms. The van der Waals surface area contributed by atoms with Crippen LogP contribution in [0.5, 0.6) is 5.75 Å². The van der Waals surface area contributed by atoms with Gasteiger partial charge in [0.2, 0.25) is 0 Å². The lowest BCUT2D eigenvalue weighted by Gasteiger charge is -2.36. The predicted molar refractivity (Wildman–Crippen MR) is 302 cm³/mol. The Morgan fingerprint density at radius 1 is 0.549 bits per heavy atom. The summed E-state index contributed by atoms with van der Waals surface area (Å²) in [5, 5.41) is 12.0. The van der Waals surface area contributed by atoms with E-state index in [1.54, 1.807) is 12.3 Å². The van der Waals surface area contributed by atoms with Crippen LogP contribution < -0.4 is 0 Å². The molecule has 0 amide bonds. The molecule has 9 rings (SSSR count). The van der Waals surface area contributed by atoms with E-state index in [9.17, 15) is 9.22 Å². The number of aromatic hydroxyl groups is 1. The summed E-state index contributed by atoms with van der Waals surface area (Å²) in [5.74, 6) is 0.384. The summed E-state index contributed by atoms with van der Waals surface area (Å²) in [6.45, 7) is 4.43. The fourth-order valence-electron chi connectivity index (χ4n) is 10.3. The molecule has 0 aliphatic rings. The van der Waals surface area contributed by atoms with Gasteiger partial charge in [-0.2, -0.15) is 0 Å². The van der Waals surface area contributed by atoms with Crippen molar-refractivity contribution in [2.24, 2.45) is 0 Å². The molecular weight excluding hydrogens is 863 g/mol. The first-order chi connectivity index (χ1) is 39.0. The third-order valence-corrected chi connectivity index (χ3v) is 15.4. The molecule has 0 aliphatic heterocycles. The van der Waals surface area contributed by atoms with Crippen LogP contribution in [0.4, 0.5) is 0 Å². The van der Waals surface area contributed by atoms with Crippen molar-refractivity contribution in [1.82, 2.24) is 14.5 Å². The number of hydrogen-bond acceptors (Lipinski definition) is 3. The Labute approximate surface area is 440 Å². The lowest BCUT2D eigenvalue weighted by molar-refractivity contribution is 0.426. The Morgan fingerprint density at radius 2 is 1.18 bits per heavy atom. The Kier molecular flexibility index (Phi) is 9.77. The van der Waals surface area contributed by atoms with Gasteiger partial charge in [-0.15, -0.1) is 0 Å². The van der Waals surface area contributed by atoms with Crippen molar-refractivity contribution < 1.29 is 21.6 Å². The monoisotopic (exact) mass is 946 g/mol. The van der Waals surface area contributed by atoms with Crippen molar-refractivity contribution >= 4 is 11.0 Å². The summed E-state index contributed by atoms with van der Waals surface area (Å²) in [4.78, 5) is 10.3. The topological polar surface area (TPSA) is 50.9 Å². The number of nitrogens with zero attached hydrogens (tertiary/aromatic N) is 3. The summed E-state index contributed by atoms with van der Waals surface area (Å²) in [6, 6.07) is 47.2. The summed E-state index contributed by atoms with van der Waals surface area (Å²) in [7, 11) is 0. The molecule has 0 saturated heterocycles. The molecule has 0 fully saturated rings. The number of rotatable bonds is 13. The van der Waals surface area contributed by atoms with Gasteiger partial charge < -0.3 is 5.11 Å². The van der Waals surface area contributed by atoms with Crippen LogP contribution in [0.15, 0.2) is 158 Å². The minimum Gasteiger partial charge on any atom is -0.507 e. The van der Waals surface area contributed by atoms with E-state index >= 15 is 0 Å². The number of para-hydroxylation sites is 1. The zero-order chi connectivity index (χ0) is 60.4. The van der Waals surface area contributed by atoms with E-state index in [4.69, 9.17) is 22.3 Å². The van der Waals surface area contributed by atoms with E-state index in [2.05, 4.69) is 71.9 Å². The van der Waals surface area contributed by atoms with Crippen LogP contribution in [0.25, 0.3) is 83.9 Å². The minimum atomic E-state index is -3.40. The molecular formula is C67H71N3O. The van der Waals surface area contributed by atoms with Gasteiger partial charge in [-0.25, -0.2) is 4.98 Å². The van der Waals surface area contributed by atoms with Crippen LogP contribution in [-0.2, 0) is 16.2 Å². The van der Waals surface area contributed by atoms with Gasteiger partial charge in [-0.05, 0) is 190 Å². The summed E-state index contributed by atoms with van der Waals surface area (Å²) >= 11 is 0. The molecule has 360 valence electrons. The second-order valence-electron chi connectivity index (χ2n) is 19.8. The van der Waals surface area contributed by atoms with Gasteiger partial charge in [-0.3, -0.25) is 9.55 Å². The standard InChI is InChI=1S/C67H71N3O/c1-13-66(11,14-2)56-25-21-26-57(67(12,15-3)16-4)61(56)49-30-33-59(44(6)38-49)70-60-27-20-24-54(62(60)69-64(70)55-37-43(5)36-45(7)63(55)71)51-39-50(46-22-18-17-19-23-46)40-52(41-51)58-42-48(34-35-68-58)47-28-31-53(32-29-47)65(8,9)10/h17-42,71H,13-16H2,1-12H3/i6D3,8D3,9D3,10D3. The number of pyridine rings is 1. The molecule has 2 heterocycles. The highest BCUT2D eigenvalue weighted by atomic mass is 16.3. The highest BCUT2D eigenvalue weighted by Crippen LogP contribution is 2.47. The number of imidazole rings is 1. The average molecular weight is 946 g/mol. The minimum absolute atomic E-state index is 0.0243. The number of phenols is 1. The van der Waals surface area contributed by atoms with Crippen LogP contribution in [0.1, 0.15) is 138 Å². The molecule has 9 aromatic rings. The van der Waals surface area contributed by atoms with Gasteiger partial charge in [0.1, 0.15) is 11.6 Å². The first kappa shape index (κ1) is 36.0. The molecule has 0 bridgehead atoms. The molecule has 0 radical (unpaired) electrons. The highest BCUT2D eigenvalue weighted by molar-refractivity contribution is 5.98. The summed E-state index contributed by atoms with van der Waals surface area (Å²) in [5.41, 5.74) is 9.85. The highest BCUT2D eigenvalue weighted by Gasteiger charge is 2.33. The normalized spacial score (nSPS) is 15.4. The molecule has 1 N–H and O–H groups in total. The molecule has 4 nitrogen and oxygen atoms in total. The van der Waals surface area contributed by atoms with Gasteiger partial charge in [0.25, 0.3) is 0 Å². The fourth-order valence-corrected chi connectivity index (χ4v) is 10.3. The lowest BCUT2D eigenvalue weighted by atomic mass is 9.68. The van der Waals surface area contributed by atoms with Crippen LogP contribution in [0.3, 0.4) is 0 Å². The zero-order valence-electron chi connectivity index (χ0n) is 54.1. The number of phenolic OH excluding ortho intramolecular Hbond substituents is 1. The first-order valence-corrected chi connectivity index (χ1v) is 24.9. The Hall–Kier alpha value is -7.04. The quantitative estimate of drug-likeness (QED) is 0.125. The van der Waals surface area contributed by atoms with Gasteiger partial charge in [0.05, 0.1) is 28.0 Å².